The number of aryl methyl sites for hydroxylation is 1. The van der Waals surface area contributed by atoms with E-state index in [2.05, 4.69) is 0 Å². The average Bonchev–Trinajstić information content (AvgIpc) is 2.37. The summed E-state index contributed by atoms with van der Waals surface area (Å²) in [6, 6.07) is 5.45. The lowest BCUT2D eigenvalue weighted by Gasteiger charge is -2.37. The summed E-state index contributed by atoms with van der Waals surface area (Å²) in [7, 11) is 0. The van der Waals surface area contributed by atoms with E-state index in [-0.39, 0.29) is 18.0 Å². The van der Waals surface area contributed by atoms with Gasteiger partial charge in [0.25, 0.3) is 0 Å². The van der Waals surface area contributed by atoms with Gasteiger partial charge in [-0.25, -0.2) is 0 Å². The molecule has 1 aliphatic rings. The zero-order valence-electron chi connectivity index (χ0n) is 11.2. The predicted molar refractivity (Wildman–Crippen MR) is 78.1 cm³/mol. The van der Waals surface area contributed by atoms with Gasteiger partial charge < -0.3 is 10.6 Å². The number of para-hydroxylation sites is 1. The van der Waals surface area contributed by atoms with Gasteiger partial charge in [0, 0.05) is 24.3 Å². The lowest BCUT2D eigenvalue weighted by Crippen LogP contribution is -2.42. The smallest absolute Gasteiger partial charge is 0.389 e. The van der Waals surface area contributed by atoms with E-state index in [9.17, 15) is 13.2 Å². The first-order valence-electron chi connectivity index (χ1n) is 6.51. The summed E-state index contributed by atoms with van der Waals surface area (Å²) in [6.45, 7) is 2.45. The second kappa shape index (κ2) is 5.60. The van der Waals surface area contributed by atoms with Crippen LogP contribution < -0.4 is 10.6 Å². The number of benzene rings is 1. The molecule has 110 valence electrons. The van der Waals surface area contributed by atoms with Gasteiger partial charge in [0.1, 0.15) is 4.99 Å². The molecular formula is C14H17F3N2S. The molecule has 2 rings (SSSR count). The highest BCUT2D eigenvalue weighted by Gasteiger charge is 2.42. The maximum absolute atomic E-state index is 12.9. The number of piperidine rings is 1. The Morgan fingerprint density at radius 1 is 1.40 bits per heavy atom. The van der Waals surface area contributed by atoms with Gasteiger partial charge >= 0.3 is 6.18 Å². The number of nitrogens with two attached hydrogens (primary N) is 1. The topological polar surface area (TPSA) is 29.3 Å². The average molecular weight is 302 g/mol. The van der Waals surface area contributed by atoms with Crippen molar-refractivity contribution >= 4 is 22.9 Å². The van der Waals surface area contributed by atoms with Crippen molar-refractivity contribution < 1.29 is 13.2 Å². The number of alkyl halides is 3. The quantitative estimate of drug-likeness (QED) is 0.849. The number of nitrogens with zero attached hydrogens (tertiary/aromatic N) is 1. The Labute approximate surface area is 121 Å². The lowest BCUT2D eigenvalue weighted by molar-refractivity contribution is -0.176. The largest absolute Gasteiger partial charge is 0.393 e. The monoisotopic (exact) mass is 302 g/mol. The van der Waals surface area contributed by atoms with Crippen molar-refractivity contribution in [2.75, 3.05) is 18.0 Å². The molecule has 6 heteroatoms. The minimum absolute atomic E-state index is 0.0238. The van der Waals surface area contributed by atoms with Gasteiger partial charge in [-0.2, -0.15) is 13.2 Å². The third-order valence-electron chi connectivity index (χ3n) is 3.70. The van der Waals surface area contributed by atoms with Crippen LogP contribution in [0.3, 0.4) is 0 Å². The van der Waals surface area contributed by atoms with E-state index in [0.29, 0.717) is 18.5 Å². The summed E-state index contributed by atoms with van der Waals surface area (Å²) < 4.78 is 38.7. The fourth-order valence-electron chi connectivity index (χ4n) is 2.72. The van der Waals surface area contributed by atoms with Crippen LogP contribution in [-0.4, -0.2) is 24.3 Å². The zero-order valence-corrected chi connectivity index (χ0v) is 12.0. The molecule has 1 saturated heterocycles. The van der Waals surface area contributed by atoms with Gasteiger partial charge in [0.05, 0.1) is 5.92 Å². The third kappa shape index (κ3) is 3.06. The molecule has 1 atom stereocenters. The highest BCUT2D eigenvalue weighted by Crippen LogP contribution is 2.36. The van der Waals surface area contributed by atoms with E-state index in [0.717, 1.165) is 11.3 Å². The van der Waals surface area contributed by atoms with E-state index >= 15 is 0 Å². The molecule has 1 heterocycles. The zero-order chi connectivity index (χ0) is 14.9. The van der Waals surface area contributed by atoms with Crippen LogP contribution in [0.25, 0.3) is 0 Å². The van der Waals surface area contributed by atoms with Crippen LogP contribution in [0.1, 0.15) is 24.0 Å². The van der Waals surface area contributed by atoms with Crippen molar-refractivity contribution in [3.05, 3.63) is 29.3 Å². The van der Waals surface area contributed by atoms with E-state index in [1.54, 1.807) is 11.0 Å². The molecule has 1 aliphatic heterocycles. The molecule has 0 bridgehead atoms. The molecule has 20 heavy (non-hydrogen) atoms. The molecule has 1 aromatic carbocycles. The van der Waals surface area contributed by atoms with E-state index in [1.165, 1.54) is 0 Å². The Morgan fingerprint density at radius 3 is 2.70 bits per heavy atom. The summed E-state index contributed by atoms with van der Waals surface area (Å²) in [5, 5.41) is 0. The van der Waals surface area contributed by atoms with Crippen LogP contribution in [0.15, 0.2) is 18.2 Å². The lowest BCUT2D eigenvalue weighted by atomic mass is 9.95. The molecule has 0 aromatic heterocycles. The second-order valence-corrected chi connectivity index (χ2v) is 5.60. The number of halogens is 3. The van der Waals surface area contributed by atoms with Crippen molar-refractivity contribution in [1.29, 1.82) is 0 Å². The third-order valence-corrected chi connectivity index (χ3v) is 3.92. The molecule has 0 radical (unpaired) electrons. The molecule has 2 N–H and O–H groups in total. The van der Waals surface area contributed by atoms with Crippen molar-refractivity contribution in [1.82, 2.24) is 0 Å². The van der Waals surface area contributed by atoms with Crippen LogP contribution in [0.4, 0.5) is 18.9 Å². The van der Waals surface area contributed by atoms with E-state index in [1.807, 2.05) is 19.1 Å². The molecule has 0 spiro atoms. The van der Waals surface area contributed by atoms with Gasteiger partial charge in [-0.1, -0.05) is 24.4 Å². The Balaban J connectivity index is 2.34. The highest BCUT2D eigenvalue weighted by atomic mass is 32.1. The number of hydrogen-bond acceptors (Lipinski definition) is 2. The number of anilines is 1. The summed E-state index contributed by atoms with van der Waals surface area (Å²) in [5.74, 6) is -1.28. The van der Waals surface area contributed by atoms with Crippen molar-refractivity contribution in [3.63, 3.8) is 0 Å². The molecule has 2 nitrogen and oxygen atoms in total. The minimum Gasteiger partial charge on any atom is -0.389 e. The standard InChI is InChI=1S/C14H17F3N2S/c1-9-4-2-6-11(13(18)20)12(9)19-7-3-5-10(8-19)14(15,16)17/h2,4,6,10H,3,5,7-8H2,1H3,(H2,18,20). The van der Waals surface area contributed by atoms with Crippen molar-refractivity contribution in [3.8, 4) is 0 Å². The molecule has 1 unspecified atom stereocenters. The van der Waals surface area contributed by atoms with Gasteiger partial charge in [0.2, 0.25) is 0 Å². The number of rotatable bonds is 2. The molecule has 1 fully saturated rings. The van der Waals surface area contributed by atoms with Gasteiger partial charge in [-0.3, -0.25) is 0 Å². The fourth-order valence-corrected chi connectivity index (χ4v) is 2.89. The Morgan fingerprint density at radius 2 is 2.10 bits per heavy atom. The first-order chi connectivity index (χ1) is 9.30. The van der Waals surface area contributed by atoms with Crippen LogP contribution in [0.5, 0.6) is 0 Å². The number of thiocarbonyl (C=S) groups is 1. The Bertz CT molecular complexity index is 514. The van der Waals surface area contributed by atoms with E-state index < -0.39 is 12.1 Å². The van der Waals surface area contributed by atoms with Gasteiger partial charge in [0.15, 0.2) is 0 Å². The first kappa shape index (κ1) is 15.1. The van der Waals surface area contributed by atoms with Gasteiger partial charge in [-0.15, -0.1) is 0 Å². The second-order valence-electron chi connectivity index (χ2n) is 5.16. The van der Waals surface area contributed by atoms with Crippen molar-refractivity contribution in [2.24, 2.45) is 11.7 Å². The number of hydrogen-bond donors (Lipinski definition) is 1. The van der Waals surface area contributed by atoms with Crippen LogP contribution in [0, 0.1) is 12.8 Å². The predicted octanol–water partition coefficient (Wildman–Crippen LogP) is 3.41. The van der Waals surface area contributed by atoms with Crippen LogP contribution in [-0.2, 0) is 0 Å². The first-order valence-corrected chi connectivity index (χ1v) is 6.92. The molecule has 0 amide bonds. The Hall–Kier alpha value is -1.30. The normalized spacial score (nSPS) is 20.0. The molecule has 0 aliphatic carbocycles. The maximum atomic E-state index is 12.9. The summed E-state index contributed by atoms with van der Waals surface area (Å²) in [6.07, 6.45) is -3.44. The highest BCUT2D eigenvalue weighted by molar-refractivity contribution is 7.80. The molecular weight excluding hydrogens is 285 g/mol. The summed E-state index contributed by atoms with van der Waals surface area (Å²) in [5.41, 5.74) is 7.99. The van der Waals surface area contributed by atoms with Crippen molar-refractivity contribution in [2.45, 2.75) is 25.9 Å². The molecule has 0 saturated carbocycles. The maximum Gasteiger partial charge on any atom is 0.393 e. The fraction of sp³-hybridized carbons (Fsp3) is 0.500. The summed E-state index contributed by atoms with van der Waals surface area (Å²) in [4.78, 5) is 1.99. The Kier molecular flexibility index (Phi) is 4.22. The van der Waals surface area contributed by atoms with Crippen LogP contribution in [0.2, 0.25) is 0 Å². The minimum atomic E-state index is -4.15. The van der Waals surface area contributed by atoms with Gasteiger partial charge in [-0.05, 0) is 31.4 Å². The van der Waals surface area contributed by atoms with Crippen LogP contribution >= 0.6 is 12.2 Å². The molecule has 1 aromatic rings. The van der Waals surface area contributed by atoms with E-state index in [4.69, 9.17) is 18.0 Å². The SMILES string of the molecule is Cc1cccc(C(N)=S)c1N1CCCC(C(F)(F)F)C1. The summed E-state index contributed by atoms with van der Waals surface area (Å²) >= 11 is 5.01.